The summed E-state index contributed by atoms with van der Waals surface area (Å²) in [6, 6.07) is 6.90. The predicted molar refractivity (Wildman–Crippen MR) is 93.9 cm³/mol. The van der Waals surface area contributed by atoms with Crippen molar-refractivity contribution in [1.82, 2.24) is 14.1 Å². The molecule has 1 unspecified atom stereocenters. The molecule has 132 valence electrons. The van der Waals surface area contributed by atoms with Gasteiger partial charge < -0.3 is 0 Å². The third-order valence-corrected chi connectivity index (χ3v) is 5.33. The average molecular weight is 342 g/mol. The van der Waals surface area contributed by atoms with E-state index in [2.05, 4.69) is 4.90 Å². The van der Waals surface area contributed by atoms with Gasteiger partial charge in [0.1, 0.15) is 0 Å². The quantitative estimate of drug-likeness (QED) is 0.763. The largest absolute Gasteiger partial charge is 0.348 e. The summed E-state index contributed by atoms with van der Waals surface area (Å²) >= 11 is 0. The van der Waals surface area contributed by atoms with Crippen molar-refractivity contribution in [2.24, 2.45) is 7.05 Å². The number of carbonyl (C=O) groups is 2. The number of piperidine rings is 2. The molecule has 2 aliphatic heterocycles. The van der Waals surface area contributed by atoms with Crippen molar-refractivity contribution < 1.29 is 9.59 Å². The molecule has 1 aromatic carbocycles. The Kier molecular flexibility index (Phi) is 3.95. The van der Waals surface area contributed by atoms with Crippen LogP contribution in [0, 0.1) is 0 Å². The minimum atomic E-state index is -0.373. The van der Waals surface area contributed by atoms with Gasteiger partial charge >= 0.3 is 5.69 Å². The van der Waals surface area contributed by atoms with Crippen LogP contribution in [-0.2, 0) is 16.6 Å². The molecule has 0 saturated carbocycles. The van der Waals surface area contributed by atoms with Gasteiger partial charge in [0.05, 0.1) is 17.1 Å². The van der Waals surface area contributed by atoms with E-state index in [9.17, 15) is 14.4 Å². The number of imide groups is 1. The zero-order valence-corrected chi connectivity index (χ0v) is 14.4. The molecule has 0 radical (unpaired) electrons. The Bertz CT molecular complexity index is 891. The number of nitrogens with zero attached hydrogens (tertiary/aromatic N) is 4. The molecule has 0 N–H and O–H groups in total. The molecule has 25 heavy (non-hydrogen) atoms. The first-order chi connectivity index (χ1) is 12.1. The maximum Gasteiger partial charge on any atom is 0.348 e. The van der Waals surface area contributed by atoms with Gasteiger partial charge in [-0.05, 0) is 44.5 Å². The molecule has 2 fully saturated rings. The highest BCUT2D eigenvalue weighted by atomic mass is 16.2. The Morgan fingerprint density at radius 1 is 0.960 bits per heavy atom. The van der Waals surface area contributed by atoms with E-state index in [1.54, 1.807) is 19.2 Å². The van der Waals surface area contributed by atoms with Crippen LogP contribution in [0.4, 0.5) is 0 Å². The molecule has 7 heteroatoms. The molecule has 0 spiro atoms. The topological polar surface area (TPSA) is 67.6 Å². The van der Waals surface area contributed by atoms with Crippen molar-refractivity contribution in [3.8, 4) is 0 Å². The fraction of sp³-hybridized carbons (Fsp3) is 0.500. The Hall–Kier alpha value is -2.41. The number of benzene rings is 1. The second kappa shape index (κ2) is 6.15. The molecule has 2 saturated heterocycles. The molecule has 0 bridgehead atoms. The zero-order valence-electron chi connectivity index (χ0n) is 14.4. The lowest BCUT2D eigenvalue weighted by molar-refractivity contribution is -0.136. The van der Waals surface area contributed by atoms with Gasteiger partial charge in [-0.25, -0.2) is 4.79 Å². The smallest absolute Gasteiger partial charge is 0.293 e. The number of imidazole rings is 1. The lowest BCUT2D eigenvalue weighted by atomic mass is 10.0. The first-order valence-electron chi connectivity index (χ1n) is 8.87. The number of para-hydroxylation sites is 2. The van der Waals surface area contributed by atoms with E-state index in [1.807, 2.05) is 12.1 Å². The number of likely N-dealkylation sites (tertiary alicyclic amines) is 1. The number of rotatable bonds is 2. The summed E-state index contributed by atoms with van der Waals surface area (Å²) in [7, 11) is 1.65. The number of hydrogen-bond acceptors (Lipinski definition) is 4. The molecular formula is C18H22N4O3. The number of fused-ring (bicyclic) bond motifs is 1. The van der Waals surface area contributed by atoms with Crippen molar-refractivity contribution in [2.75, 3.05) is 18.1 Å². The molecule has 2 aromatic rings. The summed E-state index contributed by atoms with van der Waals surface area (Å²) in [5, 5.41) is 1.08. The highest BCUT2D eigenvalue weighted by Crippen LogP contribution is 2.23. The number of hydrogen-bond donors (Lipinski definition) is 0. The molecule has 0 aliphatic carbocycles. The monoisotopic (exact) mass is 342 g/mol. The number of aromatic nitrogens is 2. The summed E-state index contributed by atoms with van der Waals surface area (Å²) in [6.07, 6.45) is 4.15. The van der Waals surface area contributed by atoms with Crippen LogP contribution >= 0.6 is 0 Å². The summed E-state index contributed by atoms with van der Waals surface area (Å²) in [6.45, 7) is 1.76. The highest BCUT2D eigenvalue weighted by Gasteiger charge is 2.40. The van der Waals surface area contributed by atoms with E-state index in [-0.39, 0.29) is 30.0 Å². The third kappa shape index (κ3) is 2.50. The molecule has 7 nitrogen and oxygen atoms in total. The van der Waals surface area contributed by atoms with E-state index >= 15 is 0 Å². The van der Waals surface area contributed by atoms with Gasteiger partial charge in [0.2, 0.25) is 5.91 Å². The van der Waals surface area contributed by atoms with Gasteiger partial charge in [0.15, 0.2) is 0 Å². The van der Waals surface area contributed by atoms with Crippen LogP contribution in [0.5, 0.6) is 0 Å². The minimum Gasteiger partial charge on any atom is -0.293 e. The molecule has 1 atom stereocenters. The lowest BCUT2D eigenvalue weighted by Gasteiger charge is -2.38. The number of aryl methyl sites for hydroxylation is 1. The van der Waals surface area contributed by atoms with Gasteiger partial charge in [-0.3, -0.25) is 19.1 Å². The van der Waals surface area contributed by atoms with E-state index < -0.39 is 0 Å². The van der Waals surface area contributed by atoms with Crippen LogP contribution in [0.3, 0.4) is 0 Å². The van der Waals surface area contributed by atoms with Crippen LogP contribution in [0.15, 0.2) is 29.1 Å². The maximum atomic E-state index is 13.1. The molecule has 2 amide bonds. The van der Waals surface area contributed by atoms with Gasteiger partial charge in [0.25, 0.3) is 5.91 Å². The van der Waals surface area contributed by atoms with E-state index in [4.69, 9.17) is 0 Å². The first kappa shape index (κ1) is 16.1. The Morgan fingerprint density at radius 2 is 1.64 bits per heavy atom. The molecular weight excluding hydrogens is 320 g/mol. The Morgan fingerprint density at radius 3 is 2.36 bits per heavy atom. The van der Waals surface area contributed by atoms with Crippen LogP contribution in [-0.4, -0.2) is 45.1 Å². The normalized spacial score (nSPS) is 22.8. The van der Waals surface area contributed by atoms with Gasteiger partial charge in [-0.2, -0.15) is 9.69 Å². The SMILES string of the molecule is Cn1c(=O)n(N2C(=O)CCC(N3CCCCC3)C2=O)c2ccccc21. The van der Waals surface area contributed by atoms with E-state index in [0.29, 0.717) is 17.5 Å². The third-order valence-electron chi connectivity index (χ3n) is 5.33. The van der Waals surface area contributed by atoms with Crippen LogP contribution in [0.1, 0.15) is 32.1 Å². The first-order valence-corrected chi connectivity index (χ1v) is 8.87. The standard InChI is InChI=1S/C18H22N4O3/c1-19-13-7-3-4-8-14(13)21(18(19)25)22-16(23)10-9-15(17(22)24)20-11-5-2-6-12-20/h3-4,7-8,15H,2,5-6,9-12H2,1H3. The van der Waals surface area contributed by atoms with Gasteiger partial charge in [-0.15, -0.1) is 0 Å². The van der Waals surface area contributed by atoms with Gasteiger partial charge in [0, 0.05) is 13.5 Å². The summed E-state index contributed by atoms with van der Waals surface area (Å²) in [5.74, 6) is -0.590. The van der Waals surface area contributed by atoms with Crippen molar-refractivity contribution in [2.45, 2.75) is 38.1 Å². The average Bonchev–Trinajstić information content (AvgIpc) is 2.88. The zero-order chi connectivity index (χ0) is 17.6. The van der Waals surface area contributed by atoms with Crippen LogP contribution in [0.25, 0.3) is 11.0 Å². The van der Waals surface area contributed by atoms with Crippen molar-refractivity contribution in [3.05, 3.63) is 34.7 Å². The lowest BCUT2D eigenvalue weighted by Crippen LogP contribution is -2.61. The highest BCUT2D eigenvalue weighted by molar-refractivity contribution is 6.13. The van der Waals surface area contributed by atoms with Crippen molar-refractivity contribution >= 4 is 22.8 Å². The van der Waals surface area contributed by atoms with Crippen molar-refractivity contribution in [1.29, 1.82) is 0 Å². The number of carbonyl (C=O) groups excluding carboxylic acids is 2. The predicted octanol–water partition coefficient (Wildman–Crippen LogP) is 0.979. The Balaban J connectivity index is 1.78. The van der Waals surface area contributed by atoms with E-state index in [0.717, 1.165) is 30.9 Å². The molecule has 4 rings (SSSR count). The molecule has 3 heterocycles. The van der Waals surface area contributed by atoms with Crippen molar-refractivity contribution in [3.63, 3.8) is 0 Å². The Labute approximate surface area is 145 Å². The molecule has 2 aliphatic rings. The summed E-state index contributed by atoms with van der Waals surface area (Å²) in [4.78, 5) is 40.6. The minimum absolute atomic E-state index is 0.280. The fourth-order valence-corrected chi connectivity index (χ4v) is 4.00. The molecule has 1 aromatic heterocycles. The second-order valence-corrected chi connectivity index (χ2v) is 6.84. The van der Waals surface area contributed by atoms with Crippen LogP contribution in [0.2, 0.25) is 0 Å². The summed E-state index contributed by atoms with van der Waals surface area (Å²) < 4.78 is 2.72. The summed E-state index contributed by atoms with van der Waals surface area (Å²) in [5.41, 5.74) is 0.909. The second-order valence-electron chi connectivity index (χ2n) is 6.84. The maximum absolute atomic E-state index is 13.1. The van der Waals surface area contributed by atoms with Gasteiger partial charge in [-0.1, -0.05) is 18.6 Å². The van der Waals surface area contributed by atoms with E-state index in [1.165, 1.54) is 15.7 Å². The van der Waals surface area contributed by atoms with Crippen LogP contribution < -0.4 is 10.7 Å². The fourth-order valence-electron chi connectivity index (χ4n) is 4.00. The number of amides is 2.